The lowest BCUT2D eigenvalue weighted by Crippen LogP contribution is -2.40. The Hall–Kier alpha value is -8.03. The van der Waals surface area contributed by atoms with Gasteiger partial charge in [0.1, 0.15) is 28.9 Å². The summed E-state index contributed by atoms with van der Waals surface area (Å²) in [6, 6.07) is 56.4. The molecule has 8 rings (SSSR count). The molecule has 1 atom stereocenters. The van der Waals surface area contributed by atoms with Crippen LogP contribution in [0.25, 0.3) is 11.2 Å². The zero-order valence-electron chi connectivity index (χ0n) is 42.1. The van der Waals surface area contributed by atoms with Crippen molar-refractivity contribution >= 4 is 34.9 Å². The Morgan fingerprint density at radius 1 is 0.528 bits per heavy atom. The maximum Gasteiger partial charge on any atom is 0.314 e. The normalized spacial score (nSPS) is 12.4. The minimum absolute atomic E-state index is 0.0612. The first-order valence-electron chi connectivity index (χ1n) is 24.0. The number of rotatable bonds is 19. The van der Waals surface area contributed by atoms with E-state index < -0.39 is 34.3 Å². The third-order valence-electron chi connectivity index (χ3n) is 12.3. The summed E-state index contributed by atoms with van der Waals surface area (Å²) in [7, 11) is 3.29. The lowest BCUT2D eigenvalue weighted by molar-refractivity contribution is -0.210. The van der Waals surface area contributed by atoms with E-state index in [-0.39, 0.29) is 30.8 Å². The number of hydrogen-bond donors (Lipinski definition) is 2. The van der Waals surface area contributed by atoms with E-state index in [4.69, 9.17) is 38.6 Å². The Morgan fingerprint density at radius 3 is 1.36 bits per heavy atom. The molecule has 0 saturated heterocycles. The summed E-state index contributed by atoms with van der Waals surface area (Å²) in [5.74, 6) is 1.10. The van der Waals surface area contributed by atoms with Gasteiger partial charge in [-0.3, -0.25) is 14.2 Å². The summed E-state index contributed by atoms with van der Waals surface area (Å²) in [5.41, 5.74) is 2.27. The fourth-order valence-corrected chi connectivity index (χ4v) is 8.49. The van der Waals surface area contributed by atoms with E-state index >= 15 is 0 Å². The largest absolute Gasteiger partial charge is 0.497 e. The van der Waals surface area contributed by atoms with Gasteiger partial charge in [0.2, 0.25) is 5.95 Å². The summed E-state index contributed by atoms with van der Waals surface area (Å²) in [4.78, 5) is 42.2. The number of anilines is 2. The monoisotopic (exact) mass is 966 g/mol. The zero-order chi connectivity index (χ0) is 50.9. The molecule has 0 radical (unpaired) electrons. The van der Waals surface area contributed by atoms with Crippen molar-refractivity contribution in [2.24, 2.45) is 10.8 Å². The number of carbonyl (C=O) groups is 2. The van der Waals surface area contributed by atoms with E-state index in [2.05, 4.69) is 59.2 Å². The fraction of sp³-hybridized carbons (Fsp3) is 0.271. The molecule has 6 aromatic carbocycles. The zero-order valence-corrected chi connectivity index (χ0v) is 42.1. The van der Waals surface area contributed by atoms with Crippen LogP contribution in [0.1, 0.15) is 87.8 Å². The van der Waals surface area contributed by atoms with Crippen molar-refractivity contribution in [3.8, 4) is 11.5 Å². The van der Waals surface area contributed by atoms with Crippen LogP contribution in [0.2, 0.25) is 0 Å². The van der Waals surface area contributed by atoms with E-state index in [9.17, 15) is 9.59 Å². The molecule has 0 amide bonds. The minimum Gasteiger partial charge on any atom is -0.497 e. The highest BCUT2D eigenvalue weighted by atomic mass is 16.7. The Morgan fingerprint density at radius 2 is 0.944 bits per heavy atom. The number of esters is 2. The second kappa shape index (κ2) is 21.5. The molecule has 2 aromatic heterocycles. The molecular formula is C59H62N6O7. The average Bonchev–Trinajstić information content (AvgIpc) is 3.83. The van der Waals surface area contributed by atoms with E-state index in [1.165, 1.54) is 0 Å². The van der Waals surface area contributed by atoms with Crippen LogP contribution in [0.5, 0.6) is 11.5 Å². The van der Waals surface area contributed by atoms with Crippen LogP contribution < -0.4 is 20.1 Å². The Labute approximate surface area is 421 Å². The van der Waals surface area contributed by atoms with E-state index in [1.807, 2.05) is 121 Å². The van der Waals surface area contributed by atoms with Crippen molar-refractivity contribution in [2.75, 3.05) is 38.1 Å². The maximum absolute atomic E-state index is 13.9. The third kappa shape index (κ3) is 10.7. The molecule has 2 N–H and O–H groups in total. The smallest absolute Gasteiger partial charge is 0.314 e. The molecule has 1 unspecified atom stereocenters. The number of aromatic nitrogens is 4. The van der Waals surface area contributed by atoms with Gasteiger partial charge >= 0.3 is 11.9 Å². The first kappa shape index (κ1) is 50.4. The molecule has 13 heteroatoms. The Kier molecular flexibility index (Phi) is 15.1. The summed E-state index contributed by atoms with van der Waals surface area (Å²) in [5, 5.41) is 7.84. The molecule has 0 bridgehead atoms. The second-order valence-corrected chi connectivity index (χ2v) is 19.5. The Bertz CT molecular complexity index is 2970. The lowest BCUT2D eigenvalue weighted by Gasteiger charge is -2.38. The molecule has 370 valence electrons. The van der Waals surface area contributed by atoms with Gasteiger partial charge in [-0.25, -0.2) is 4.98 Å². The van der Waals surface area contributed by atoms with Gasteiger partial charge in [0.05, 0.1) is 38.3 Å². The fourth-order valence-electron chi connectivity index (χ4n) is 8.49. The van der Waals surface area contributed by atoms with Gasteiger partial charge < -0.3 is 34.3 Å². The standard InChI is InChI=1S/C59H62N6O7/c1-56(2,3)52(66)70-38-21-39-71-55(72-53(67)57(4,5)6)65-40-60-49-50(63-58(41-22-13-9-14-23-41,42-24-15-10-16-25-42)45-30-34-47(68-7)35-31-45)61-54(62-51(49)65)64-59(43-26-17-11-18-27-43,44-28-19-12-20-29-44)46-32-36-48(69-8)37-33-46/h9-20,22-37,40,55H,21,38-39H2,1-8H3,(H2,61,62,63,64). The highest BCUT2D eigenvalue weighted by Gasteiger charge is 2.41. The SMILES string of the molecule is COc1ccc(C(Nc2nc(NC(c3ccccc3)(c3ccccc3)c3ccc(OC)cc3)c3ncn(C(OCCCOC(=O)C(C)(C)C)OC(=O)C(C)(C)C)c3n2)(c2ccccc2)c2ccccc2)cc1. The predicted molar refractivity (Wildman–Crippen MR) is 280 cm³/mol. The molecule has 0 spiro atoms. The van der Waals surface area contributed by atoms with E-state index in [0.29, 0.717) is 29.3 Å². The van der Waals surface area contributed by atoms with Gasteiger partial charge in [0.25, 0.3) is 6.41 Å². The number of benzene rings is 6. The predicted octanol–water partition coefficient (Wildman–Crippen LogP) is 11.7. The first-order valence-corrected chi connectivity index (χ1v) is 24.0. The maximum atomic E-state index is 13.9. The van der Waals surface area contributed by atoms with Crippen LogP contribution in [0.3, 0.4) is 0 Å². The molecule has 0 aliphatic carbocycles. The Balaban J connectivity index is 1.38. The topological polar surface area (TPSA) is 148 Å². The van der Waals surface area contributed by atoms with Crippen LogP contribution in [0.4, 0.5) is 11.8 Å². The number of fused-ring (bicyclic) bond motifs is 1. The van der Waals surface area contributed by atoms with Crippen molar-refractivity contribution in [3.05, 3.63) is 210 Å². The van der Waals surface area contributed by atoms with Gasteiger partial charge in [0.15, 0.2) is 17.0 Å². The number of nitrogens with one attached hydrogen (secondary N) is 2. The van der Waals surface area contributed by atoms with Crippen LogP contribution in [-0.4, -0.2) is 58.9 Å². The van der Waals surface area contributed by atoms with Crippen LogP contribution in [0.15, 0.2) is 176 Å². The third-order valence-corrected chi connectivity index (χ3v) is 12.3. The van der Waals surface area contributed by atoms with Crippen LogP contribution in [-0.2, 0) is 34.9 Å². The van der Waals surface area contributed by atoms with Crippen molar-refractivity contribution < 1.29 is 33.3 Å². The summed E-state index contributed by atoms with van der Waals surface area (Å²) in [6.45, 7) is 10.9. The molecule has 72 heavy (non-hydrogen) atoms. The molecule has 13 nitrogen and oxygen atoms in total. The lowest BCUT2D eigenvalue weighted by atomic mass is 9.77. The van der Waals surface area contributed by atoms with Crippen molar-refractivity contribution in [1.82, 2.24) is 19.5 Å². The highest BCUT2D eigenvalue weighted by Crippen LogP contribution is 2.44. The van der Waals surface area contributed by atoms with Gasteiger partial charge in [-0.15, -0.1) is 0 Å². The molecule has 2 heterocycles. The molecule has 0 aliphatic rings. The highest BCUT2D eigenvalue weighted by molar-refractivity contribution is 5.86. The van der Waals surface area contributed by atoms with E-state index in [1.54, 1.807) is 66.7 Å². The molecule has 8 aromatic rings. The molecule has 0 fully saturated rings. The van der Waals surface area contributed by atoms with Crippen LogP contribution >= 0.6 is 0 Å². The number of nitrogens with zero attached hydrogens (tertiary/aromatic N) is 4. The average molecular weight is 967 g/mol. The molecule has 0 aliphatic heterocycles. The number of methoxy groups -OCH3 is 2. The van der Waals surface area contributed by atoms with Gasteiger partial charge in [-0.2, -0.15) is 9.97 Å². The van der Waals surface area contributed by atoms with Gasteiger partial charge in [-0.1, -0.05) is 146 Å². The summed E-state index contributed by atoms with van der Waals surface area (Å²) >= 11 is 0. The number of imidazole rings is 1. The van der Waals surface area contributed by atoms with Gasteiger partial charge in [-0.05, 0) is 99.2 Å². The first-order chi connectivity index (χ1) is 34.7. The second-order valence-electron chi connectivity index (χ2n) is 19.5. The number of hydrogen-bond acceptors (Lipinski definition) is 12. The summed E-state index contributed by atoms with van der Waals surface area (Å²) in [6.07, 6.45) is 0.517. The quantitative estimate of drug-likeness (QED) is 0.0344. The number of ether oxygens (including phenoxy) is 5. The van der Waals surface area contributed by atoms with Crippen molar-refractivity contribution in [2.45, 2.75) is 65.5 Å². The molecule has 0 saturated carbocycles. The number of carbonyl (C=O) groups excluding carboxylic acids is 2. The minimum atomic E-state index is -1.35. The van der Waals surface area contributed by atoms with Crippen molar-refractivity contribution in [3.63, 3.8) is 0 Å². The van der Waals surface area contributed by atoms with Gasteiger partial charge in [0, 0.05) is 6.42 Å². The molecular weight excluding hydrogens is 905 g/mol. The van der Waals surface area contributed by atoms with Crippen molar-refractivity contribution in [1.29, 1.82) is 0 Å². The van der Waals surface area contributed by atoms with E-state index in [0.717, 1.165) is 33.4 Å². The summed E-state index contributed by atoms with van der Waals surface area (Å²) < 4.78 is 31.1. The van der Waals surface area contributed by atoms with Crippen LogP contribution in [0, 0.1) is 10.8 Å².